The van der Waals surface area contributed by atoms with Crippen LogP contribution >= 0.6 is 7.60 Å². The zero-order chi connectivity index (χ0) is 27.4. The molecule has 0 unspecified atom stereocenters. The first-order chi connectivity index (χ1) is 18.1. The fraction of sp³-hybridized carbons (Fsp3) is 0.440. The molecule has 4 N–H and O–H groups in total. The van der Waals surface area contributed by atoms with Crippen molar-refractivity contribution in [2.24, 2.45) is 5.92 Å². The number of aromatic nitrogens is 1. The molecule has 1 saturated heterocycles. The van der Waals surface area contributed by atoms with E-state index in [9.17, 15) is 28.7 Å². The molecular weight excluding hydrogens is 515 g/mol. The number of benzene rings is 1. The minimum absolute atomic E-state index is 0.0311. The summed E-state index contributed by atoms with van der Waals surface area (Å²) in [5.41, 5.74) is 2.29. The van der Waals surface area contributed by atoms with Crippen molar-refractivity contribution in [1.82, 2.24) is 20.1 Å². The molecule has 4 rings (SSSR count). The number of amides is 3. The van der Waals surface area contributed by atoms with Gasteiger partial charge in [0.15, 0.2) is 0 Å². The van der Waals surface area contributed by atoms with Gasteiger partial charge in [-0.3, -0.25) is 14.2 Å². The zero-order valence-corrected chi connectivity index (χ0v) is 21.8. The summed E-state index contributed by atoms with van der Waals surface area (Å²) in [5, 5.41) is 11.6. The summed E-state index contributed by atoms with van der Waals surface area (Å²) < 4.78 is 17.1. The summed E-state index contributed by atoms with van der Waals surface area (Å²) in [6, 6.07) is 11.4. The van der Waals surface area contributed by atoms with Crippen molar-refractivity contribution < 1.29 is 38.6 Å². The maximum Gasteiger partial charge on any atom is 0.407 e. The third-order valence-corrected chi connectivity index (χ3v) is 7.61. The molecule has 3 amide bonds. The second kappa shape index (κ2) is 11.6. The van der Waals surface area contributed by atoms with E-state index in [4.69, 9.17) is 9.84 Å². The number of nitrogens with one attached hydrogen (secondary N) is 1. The summed E-state index contributed by atoms with van der Waals surface area (Å²) in [6.45, 7) is 0.806. The lowest BCUT2D eigenvalue weighted by Crippen LogP contribution is -2.56. The topological polar surface area (TPSA) is 170 Å². The molecule has 0 spiro atoms. The van der Waals surface area contributed by atoms with Gasteiger partial charge in [0.2, 0.25) is 5.91 Å². The van der Waals surface area contributed by atoms with Crippen molar-refractivity contribution in [2.45, 2.75) is 18.4 Å². The number of rotatable bonds is 9. The quantitative estimate of drug-likeness (QED) is 0.341. The number of carbonyl (C=O) groups excluding carboxylic acids is 2. The number of carbonyl (C=O) groups is 3. The van der Waals surface area contributed by atoms with Crippen LogP contribution in [-0.2, 0) is 14.1 Å². The standard InChI is InChI=1S/C25H31N4O8P/c1-37-14-18-11-19(18)17-12-20(16-5-3-2-4-6-16)26-21(13-17)23(30)27-22(15-38(34,35)36)24(31)28-7-9-29(10-8-28)25(32)33/h2-6,12-13,18-19,22H,7-11,14-15H2,1H3,(H,27,30)(H,32,33)(H2,34,35,36)/t18-,19-,22+/m1/s1. The molecule has 1 aliphatic heterocycles. The molecule has 13 heteroatoms. The minimum Gasteiger partial charge on any atom is -0.465 e. The third-order valence-electron chi connectivity index (χ3n) is 6.77. The van der Waals surface area contributed by atoms with Crippen molar-refractivity contribution in [3.63, 3.8) is 0 Å². The summed E-state index contributed by atoms with van der Waals surface area (Å²) >= 11 is 0. The van der Waals surface area contributed by atoms with Gasteiger partial charge in [-0.1, -0.05) is 30.3 Å². The second-order valence-corrected chi connectivity index (χ2v) is 11.3. The monoisotopic (exact) mass is 546 g/mol. The highest BCUT2D eigenvalue weighted by atomic mass is 31.2. The Balaban J connectivity index is 1.58. The lowest BCUT2D eigenvalue weighted by Gasteiger charge is -2.35. The number of nitrogens with zero attached hydrogens (tertiary/aromatic N) is 3. The highest BCUT2D eigenvalue weighted by Gasteiger charge is 2.39. The summed E-state index contributed by atoms with van der Waals surface area (Å²) in [7, 11) is -3.06. The Labute approximate surface area is 219 Å². The highest BCUT2D eigenvalue weighted by molar-refractivity contribution is 7.51. The van der Waals surface area contributed by atoms with Crippen molar-refractivity contribution >= 4 is 25.5 Å². The van der Waals surface area contributed by atoms with E-state index in [2.05, 4.69) is 10.3 Å². The van der Waals surface area contributed by atoms with Crippen LogP contribution < -0.4 is 5.32 Å². The Morgan fingerprint density at radius 1 is 1.11 bits per heavy atom. The number of hydrogen-bond acceptors (Lipinski definition) is 6. The molecule has 2 heterocycles. The van der Waals surface area contributed by atoms with E-state index in [1.807, 2.05) is 36.4 Å². The largest absolute Gasteiger partial charge is 0.465 e. The van der Waals surface area contributed by atoms with Gasteiger partial charge >= 0.3 is 13.7 Å². The number of pyridine rings is 1. The molecule has 1 aliphatic carbocycles. The lowest BCUT2D eigenvalue weighted by atomic mass is 10.0. The van der Waals surface area contributed by atoms with Crippen molar-refractivity contribution in [3.05, 3.63) is 53.7 Å². The number of methoxy groups -OCH3 is 1. The predicted molar refractivity (Wildman–Crippen MR) is 137 cm³/mol. The number of carboxylic acid groups (broad SMARTS) is 1. The number of ether oxygens (including phenoxy) is 1. The van der Waals surface area contributed by atoms with E-state index in [0.29, 0.717) is 18.2 Å². The fourth-order valence-corrected chi connectivity index (χ4v) is 5.41. The Morgan fingerprint density at radius 3 is 2.37 bits per heavy atom. The fourth-order valence-electron chi connectivity index (χ4n) is 4.69. The minimum atomic E-state index is -4.69. The first-order valence-electron chi connectivity index (χ1n) is 12.2. The smallest absolute Gasteiger partial charge is 0.407 e. The molecule has 12 nitrogen and oxygen atoms in total. The van der Waals surface area contributed by atoms with Gasteiger partial charge in [-0.25, -0.2) is 9.78 Å². The van der Waals surface area contributed by atoms with Crippen LogP contribution in [0.15, 0.2) is 42.5 Å². The summed E-state index contributed by atoms with van der Waals surface area (Å²) in [6.07, 6.45) is -1.10. The molecule has 1 aromatic carbocycles. The van der Waals surface area contributed by atoms with Gasteiger partial charge in [0.25, 0.3) is 5.91 Å². The SMILES string of the molecule is COC[C@H]1C[C@@H]1c1cc(C(=O)N[C@@H](CP(=O)(O)O)C(=O)N2CCN(C(=O)O)CC2)nc(-c2ccccc2)c1. The summed E-state index contributed by atoms with van der Waals surface area (Å²) in [5.74, 6) is -0.919. The molecule has 2 aromatic rings. The Hall–Kier alpha value is -3.31. The average molecular weight is 547 g/mol. The Morgan fingerprint density at radius 2 is 1.76 bits per heavy atom. The first kappa shape index (κ1) is 27.7. The maximum absolute atomic E-state index is 13.3. The van der Waals surface area contributed by atoms with Crippen LogP contribution in [0.5, 0.6) is 0 Å². The van der Waals surface area contributed by atoms with Crippen LogP contribution in [0.4, 0.5) is 4.79 Å². The van der Waals surface area contributed by atoms with Gasteiger partial charge in [-0.05, 0) is 36.0 Å². The molecule has 0 bridgehead atoms. The highest BCUT2D eigenvalue weighted by Crippen LogP contribution is 2.48. The van der Waals surface area contributed by atoms with Crippen molar-refractivity contribution in [1.29, 1.82) is 0 Å². The van der Waals surface area contributed by atoms with E-state index in [1.54, 1.807) is 13.2 Å². The van der Waals surface area contributed by atoms with Crippen LogP contribution in [0.2, 0.25) is 0 Å². The van der Waals surface area contributed by atoms with Crippen LogP contribution in [0, 0.1) is 5.92 Å². The molecule has 3 atom stereocenters. The van der Waals surface area contributed by atoms with Crippen LogP contribution in [0.25, 0.3) is 11.3 Å². The molecule has 1 aromatic heterocycles. The van der Waals surface area contributed by atoms with Gasteiger partial charge in [0, 0.05) is 45.5 Å². The van der Waals surface area contributed by atoms with Gasteiger partial charge in [0.05, 0.1) is 11.9 Å². The van der Waals surface area contributed by atoms with Crippen molar-refractivity contribution in [3.8, 4) is 11.3 Å². The Bertz CT molecular complexity index is 1230. The summed E-state index contributed by atoms with van der Waals surface area (Å²) in [4.78, 5) is 63.9. The normalized spacial score (nSPS) is 20.1. The lowest BCUT2D eigenvalue weighted by molar-refractivity contribution is -0.134. The van der Waals surface area contributed by atoms with E-state index in [1.165, 1.54) is 4.90 Å². The van der Waals surface area contributed by atoms with Crippen LogP contribution in [0.3, 0.4) is 0 Å². The molecule has 2 aliphatic rings. The van der Waals surface area contributed by atoms with Gasteiger partial charge < -0.3 is 34.7 Å². The molecule has 1 saturated carbocycles. The van der Waals surface area contributed by atoms with E-state index < -0.39 is 37.7 Å². The molecule has 0 radical (unpaired) electrons. The molecule has 204 valence electrons. The van der Waals surface area contributed by atoms with Gasteiger partial charge in [0.1, 0.15) is 11.7 Å². The van der Waals surface area contributed by atoms with Crippen LogP contribution in [0.1, 0.15) is 28.4 Å². The average Bonchev–Trinajstić information content (AvgIpc) is 3.67. The Kier molecular flexibility index (Phi) is 8.47. The third kappa shape index (κ3) is 6.96. The molecule has 2 fully saturated rings. The first-order valence-corrected chi connectivity index (χ1v) is 14.0. The van der Waals surface area contributed by atoms with Gasteiger partial charge in [-0.2, -0.15) is 0 Å². The van der Waals surface area contributed by atoms with Crippen molar-refractivity contribution in [2.75, 3.05) is 46.1 Å². The molecule has 38 heavy (non-hydrogen) atoms. The number of hydrogen-bond donors (Lipinski definition) is 4. The van der Waals surface area contributed by atoms with E-state index >= 15 is 0 Å². The predicted octanol–water partition coefficient (Wildman–Crippen LogP) is 1.60. The molecular formula is C25H31N4O8P. The van der Waals surface area contributed by atoms with E-state index in [0.717, 1.165) is 22.4 Å². The zero-order valence-electron chi connectivity index (χ0n) is 20.9. The van der Waals surface area contributed by atoms with E-state index in [-0.39, 0.29) is 37.8 Å². The maximum atomic E-state index is 13.3. The van der Waals surface area contributed by atoms with Crippen LogP contribution in [-0.4, -0.2) is 99.7 Å². The number of piperazine rings is 1. The second-order valence-electron chi connectivity index (χ2n) is 9.56. The van der Waals surface area contributed by atoms with Gasteiger partial charge in [-0.15, -0.1) is 0 Å².